The predicted octanol–water partition coefficient (Wildman–Crippen LogP) is 3.51. The second-order valence-corrected chi connectivity index (χ2v) is 3.87. The fourth-order valence-electron chi connectivity index (χ4n) is 1.61. The van der Waals surface area contributed by atoms with E-state index in [1.807, 2.05) is 32.0 Å². The van der Waals surface area contributed by atoms with Crippen LogP contribution in [0.15, 0.2) is 18.2 Å². The highest BCUT2D eigenvalue weighted by molar-refractivity contribution is 6.36. The number of benzene rings is 1. The molecule has 0 fully saturated rings. The van der Waals surface area contributed by atoms with Crippen LogP contribution < -0.4 is 4.74 Å². The number of pyridine rings is 1. The van der Waals surface area contributed by atoms with Crippen LogP contribution in [0.4, 0.5) is 0 Å². The maximum absolute atomic E-state index is 6.30. The maximum Gasteiger partial charge on any atom is 0.129 e. The molecule has 2 rings (SSSR count). The zero-order chi connectivity index (χ0) is 11.0. The Hall–Kier alpha value is -1.28. The van der Waals surface area contributed by atoms with Crippen LogP contribution in [0.2, 0.25) is 5.02 Å². The van der Waals surface area contributed by atoms with E-state index >= 15 is 0 Å². The zero-order valence-electron chi connectivity index (χ0n) is 8.97. The number of ether oxygens (including phenoxy) is 1. The molecule has 0 radical (unpaired) electrons. The molecule has 0 aliphatic rings. The molecule has 78 valence electrons. The molecule has 0 spiro atoms. The molecule has 0 N–H and O–H groups in total. The van der Waals surface area contributed by atoms with E-state index in [1.165, 1.54) is 0 Å². The van der Waals surface area contributed by atoms with Crippen molar-refractivity contribution in [1.29, 1.82) is 0 Å². The maximum atomic E-state index is 6.30. The van der Waals surface area contributed by atoms with Crippen LogP contribution in [0.25, 0.3) is 10.9 Å². The van der Waals surface area contributed by atoms with Crippen LogP contribution in [0.5, 0.6) is 5.75 Å². The minimum atomic E-state index is 0.731. The van der Waals surface area contributed by atoms with Gasteiger partial charge in [0, 0.05) is 5.69 Å². The van der Waals surface area contributed by atoms with Crippen molar-refractivity contribution in [2.45, 2.75) is 13.8 Å². The van der Waals surface area contributed by atoms with E-state index < -0.39 is 0 Å². The topological polar surface area (TPSA) is 22.1 Å². The number of hydrogen-bond acceptors (Lipinski definition) is 2. The smallest absolute Gasteiger partial charge is 0.129 e. The second-order valence-electron chi connectivity index (χ2n) is 3.49. The summed E-state index contributed by atoms with van der Waals surface area (Å²) in [5.74, 6) is 0.771. The van der Waals surface area contributed by atoms with Crippen LogP contribution in [0.3, 0.4) is 0 Å². The van der Waals surface area contributed by atoms with E-state index in [9.17, 15) is 0 Å². The number of halogens is 1. The lowest BCUT2D eigenvalue weighted by Gasteiger charge is -2.10. The summed E-state index contributed by atoms with van der Waals surface area (Å²) in [6.07, 6.45) is 0. The fourth-order valence-corrected chi connectivity index (χ4v) is 1.94. The summed E-state index contributed by atoms with van der Waals surface area (Å²) in [4.78, 5) is 4.48. The highest BCUT2D eigenvalue weighted by atomic mass is 35.5. The van der Waals surface area contributed by atoms with Crippen molar-refractivity contribution < 1.29 is 4.74 Å². The zero-order valence-corrected chi connectivity index (χ0v) is 9.72. The largest absolute Gasteiger partial charge is 0.496 e. The van der Waals surface area contributed by atoms with Gasteiger partial charge in [0.15, 0.2) is 0 Å². The third-order valence-electron chi connectivity index (χ3n) is 2.60. The van der Waals surface area contributed by atoms with E-state index in [0.29, 0.717) is 0 Å². The molecule has 0 amide bonds. The molecule has 0 saturated heterocycles. The van der Waals surface area contributed by atoms with Gasteiger partial charge < -0.3 is 4.74 Å². The Bertz CT molecular complexity index is 523. The van der Waals surface area contributed by atoms with Crippen LogP contribution in [0.1, 0.15) is 11.3 Å². The van der Waals surface area contributed by atoms with Crippen molar-refractivity contribution in [3.05, 3.63) is 34.5 Å². The molecule has 0 aliphatic carbocycles. The second kappa shape index (κ2) is 3.70. The Morgan fingerprint density at radius 3 is 2.67 bits per heavy atom. The van der Waals surface area contributed by atoms with Gasteiger partial charge in [-0.3, -0.25) is 4.98 Å². The Morgan fingerprint density at radius 1 is 1.27 bits per heavy atom. The summed E-state index contributed by atoms with van der Waals surface area (Å²) in [5, 5.41) is 1.62. The van der Waals surface area contributed by atoms with Gasteiger partial charge in [-0.2, -0.15) is 0 Å². The van der Waals surface area contributed by atoms with Gasteiger partial charge in [-0.05, 0) is 31.5 Å². The number of hydrogen-bond donors (Lipinski definition) is 0. The van der Waals surface area contributed by atoms with Gasteiger partial charge in [-0.1, -0.05) is 17.7 Å². The Morgan fingerprint density at radius 2 is 2.00 bits per heavy atom. The minimum absolute atomic E-state index is 0.731. The average Bonchev–Trinajstić information content (AvgIpc) is 2.25. The third-order valence-corrected chi connectivity index (χ3v) is 3.08. The number of rotatable bonds is 1. The van der Waals surface area contributed by atoms with Gasteiger partial charge in [0.2, 0.25) is 0 Å². The number of fused-ring (bicyclic) bond motifs is 1. The molecule has 1 aromatic carbocycles. The van der Waals surface area contributed by atoms with Gasteiger partial charge in [-0.25, -0.2) is 0 Å². The molecular formula is C12H12ClNO. The molecule has 1 aromatic heterocycles. The van der Waals surface area contributed by atoms with Crippen LogP contribution in [-0.2, 0) is 0 Å². The molecule has 0 unspecified atom stereocenters. The van der Waals surface area contributed by atoms with E-state index in [1.54, 1.807) is 7.11 Å². The molecular weight excluding hydrogens is 210 g/mol. The lowest BCUT2D eigenvalue weighted by molar-refractivity contribution is 0.419. The Kier molecular flexibility index (Phi) is 2.53. The molecule has 2 nitrogen and oxygen atoms in total. The summed E-state index contributed by atoms with van der Waals surface area (Å²) in [6, 6.07) is 5.75. The average molecular weight is 222 g/mol. The molecule has 15 heavy (non-hydrogen) atoms. The number of nitrogens with zero attached hydrogens (tertiary/aromatic N) is 1. The third kappa shape index (κ3) is 1.55. The van der Waals surface area contributed by atoms with Gasteiger partial charge in [0.25, 0.3) is 0 Å². The molecule has 2 aromatic rings. The lowest BCUT2D eigenvalue weighted by atomic mass is 10.1. The van der Waals surface area contributed by atoms with E-state index in [2.05, 4.69) is 4.98 Å². The summed E-state index contributed by atoms with van der Waals surface area (Å²) in [5.41, 5.74) is 2.84. The number of methoxy groups -OCH3 is 1. The van der Waals surface area contributed by atoms with Gasteiger partial charge in [0.1, 0.15) is 5.75 Å². The lowest BCUT2D eigenvalue weighted by Crippen LogP contribution is -1.93. The summed E-state index contributed by atoms with van der Waals surface area (Å²) in [7, 11) is 1.64. The molecule has 1 heterocycles. The molecule has 0 saturated carbocycles. The molecule has 3 heteroatoms. The van der Waals surface area contributed by atoms with Crippen molar-refractivity contribution in [2.75, 3.05) is 7.11 Å². The van der Waals surface area contributed by atoms with Gasteiger partial charge >= 0.3 is 0 Å². The van der Waals surface area contributed by atoms with E-state index in [4.69, 9.17) is 16.3 Å². The molecule has 0 bridgehead atoms. The normalized spacial score (nSPS) is 10.7. The Balaban J connectivity index is 2.93. The summed E-state index contributed by atoms with van der Waals surface area (Å²) in [6.45, 7) is 3.93. The van der Waals surface area contributed by atoms with Crippen molar-refractivity contribution in [3.8, 4) is 5.75 Å². The van der Waals surface area contributed by atoms with Crippen molar-refractivity contribution in [2.24, 2.45) is 0 Å². The monoisotopic (exact) mass is 221 g/mol. The van der Waals surface area contributed by atoms with E-state index in [0.717, 1.165) is 32.9 Å². The predicted molar refractivity (Wildman–Crippen MR) is 62.8 cm³/mol. The van der Waals surface area contributed by atoms with Crippen LogP contribution >= 0.6 is 11.6 Å². The van der Waals surface area contributed by atoms with Crippen molar-refractivity contribution in [3.63, 3.8) is 0 Å². The highest BCUT2D eigenvalue weighted by Crippen LogP contribution is 2.33. The highest BCUT2D eigenvalue weighted by Gasteiger charge is 2.11. The quantitative estimate of drug-likeness (QED) is 0.735. The first-order chi connectivity index (χ1) is 7.15. The SMILES string of the molecule is COc1cccc2nc(C)c(C)c(Cl)c12. The van der Waals surface area contributed by atoms with Crippen LogP contribution in [0, 0.1) is 13.8 Å². The van der Waals surface area contributed by atoms with Gasteiger partial charge in [-0.15, -0.1) is 0 Å². The standard InChI is InChI=1S/C12H12ClNO/c1-7-8(2)14-9-5-4-6-10(15-3)11(9)12(7)13/h4-6H,1-3H3. The first kappa shape index (κ1) is 10.2. The minimum Gasteiger partial charge on any atom is -0.496 e. The summed E-state index contributed by atoms with van der Waals surface area (Å²) >= 11 is 6.30. The first-order valence-electron chi connectivity index (χ1n) is 4.74. The number of aryl methyl sites for hydroxylation is 1. The van der Waals surface area contributed by atoms with Crippen molar-refractivity contribution in [1.82, 2.24) is 4.98 Å². The first-order valence-corrected chi connectivity index (χ1v) is 5.12. The summed E-state index contributed by atoms with van der Waals surface area (Å²) < 4.78 is 5.28. The number of aromatic nitrogens is 1. The van der Waals surface area contributed by atoms with Gasteiger partial charge in [0.05, 0.1) is 23.0 Å². The molecule has 0 aliphatic heterocycles. The Labute approximate surface area is 93.8 Å². The van der Waals surface area contributed by atoms with E-state index in [-0.39, 0.29) is 0 Å². The fraction of sp³-hybridized carbons (Fsp3) is 0.250. The van der Waals surface area contributed by atoms with Crippen LogP contribution in [-0.4, -0.2) is 12.1 Å². The van der Waals surface area contributed by atoms with Crippen molar-refractivity contribution >= 4 is 22.5 Å². The molecule has 0 atom stereocenters.